The molecule has 0 aliphatic carbocycles. The number of anilines is 3. The number of benzene rings is 2. The number of carbonyl (C=O) groups is 2. The number of nitrogens with one attached hydrogen (secondary N) is 2. The fourth-order valence-electron chi connectivity index (χ4n) is 3.68. The molecule has 2 amide bonds. The molecule has 1 aliphatic heterocycles. The molecule has 12 heteroatoms. The molecule has 4 N–H and O–H groups in total. The molecule has 8 nitrogen and oxygen atoms in total. The van der Waals surface area contributed by atoms with Crippen LogP contribution in [0.5, 0.6) is 0 Å². The van der Waals surface area contributed by atoms with Crippen LogP contribution in [-0.2, 0) is 15.1 Å². The van der Waals surface area contributed by atoms with Crippen LogP contribution >= 0.6 is 0 Å². The molecule has 1 heterocycles. The van der Waals surface area contributed by atoms with Gasteiger partial charge in [0.25, 0.3) is 6.43 Å². The molecule has 2 aromatic carbocycles. The Labute approximate surface area is 205 Å². The molecule has 36 heavy (non-hydrogen) atoms. The van der Waals surface area contributed by atoms with Crippen molar-refractivity contribution >= 4 is 35.0 Å². The minimum atomic E-state index is -3.21. The average molecular weight is 510 g/mol. The van der Waals surface area contributed by atoms with Gasteiger partial charge in [0.2, 0.25) is 11.9 Å². The van der Waals surface area contributed by atoms with Crippen LogP contribution in [0.15, 0.2) is 35.3 Å². The van der Waals surface area contributed by atoms with E-state index in [2.05, 4.69) is 15.6 Å². The third-order valence-electron chi connectivity index (χ3n) is 5.43. The lowest BCUT2D eigenvalue weighted by Crippen LogP contribution is -2.52. The van der Waals surface area contributed by atoms with Crippen molar-refractivity contribution in [3.63, 3.8) is 0 Å². The zero-order valence-corrected chi connectivity index (χ0v) is 20.4. The number of amides is 2. The number of hydrogen-bond acceptors (Lipinski definition) is 6. The fourth-order valence-corrected chi connectivity index (χ4v) is 3.68. The minimum absolute atomic E-state index is 0.0639. The van der Waals surface area contributed by atoms with Gasteiger partial charge in [-0.2, -0.15) is 0 Å². The maximum absolute atomic E-state index is 15.7. The van der Waals surface area contributed by atoms with Crippen molar-refractivity contribution in [2.24, 2.45) is 4.99 Å². The van der Waals surface area contributed by atoms with Crippen molar-refractivity contribution in [1.29, 1.82) is 0 Å². The first-order valence-corrected chi connectivity index (χ1v) is 10.9. The molecule has 194 valence electrons. The van der Waals surface area contributed by atoms with Crippen molar-refractivity contribution in [3.8, 4) is 0 Å². The van der Waals surface area contributed by atoms with E-state index in [-0.39, 0.29) is 29.3 Å². The topological polar surface area (TPSA) is 109 Å². The largest absolute Gasteiger partial charge is 0.444 e. The number of nitrogens with two attached hydrogens (primary N) is 1. The molecule has 0 spiro atoms. The molecule has 0 aromatic heterocycles. The highest BCUT2D eigenvalue weighted by atomic mass is 19.3. The van der Waals surface area contributed by atoms with Gasteiger partial charge in [-0.05, 0) is 45.9 Å². The summed E-state index contributed by atoms with van der Waals surface area (Å²) in [5, 5.41) is 4.87. The standard InChI is InChI=1S/C24H27F4N5O3/c1-23(2,3)36-22(35)31-21-32-24(4,11-16(34)33(21)5)12-7-6-8-15(18(12)26)30-19-14(29)10-9-13(25)17(19)20(27)28/h6-10,20,30H,11,29H2,1-5H3,(H,31,32,35)/t24-/m0/s1. The number of carbonyl (C=O) groups excluding carboxylic acids is 2. The van der Waals surface area contributed by atoms with Crippen molar-refractivity contribution < 1.29 is 31.9 Å². The molecule has 0 saturated heterocycles. The highest BCUT2D eigenvalue weighted by Crippen LogP contribution is 2.40. The van der Waals surface area contributed by atoms with Gasteiger partial charge in [0.1, 0.15) is 11.4 Å². The zero-order valence-electron chi connectivity index (χ0n) is 20.4. The van der Waals surface area contributed by atoms with E-state index in [1.807, 2.05) is 0 Å². The predicted octanol–water partition coefficient (Wildman–Crippen LogP) is 5.19. The lowest BCUT2D eigenvalue weighted by molar-refractivity contribution is -0.128. The van der Waals surface area contributed by atoms with Gasteiger partial charge in [0, 0.05) is 12.6 Å². The molecule has 1 atom stereocenters. The Balaban J connectivity index is 2.03. The Morgan fingerprint density at radius 2 is 1.89 bits per heavy atom. The second-order valence-corrected chi connectivity index (χ2v) is 9.48. The van der Waals surface area contributed by atoms with E-state index in [1.165, 1.54) is 32.2 Å². The Hall–Kier alpha value is -3.83. The summed E-state index contributed by atoms with van der Waals surface area (Å²) in [4.78, 5) is 30.5. The second-order valence-electron chi connectivity index (χ2n) is 9.48. The van der Waals surface area contributed by atoms with Gasteiger partial charge in [0.05, 0.1) is 34.6 Å². The minimum Gasteiger partial charge on any atom is -0.444 e. The summed E-state index contributed by atoms with van der Waals surface area (Å²) in [7, 11) is 1.39. The highest BCUT2D eigenvalue weighted by molar-refractivity contribution is 6.05. The maximum Gasteiger partial charge on any atom is 0.414 e. The van der Waals surface area contributed by atoms with Gasteiger partial charge in [-0.15, -0.1) is 0 Å². The number of alkyl halides is 2. The van der Waals surface area contributed by atoms with Crippen LogP contribution in [0.4, 0.5) is 39.4 Å². The van der Waals surface area contributed by atoms with Crippen LogP contribution in [0.3, 0.4) is 0 Å². The van der Waals surface area contributed by atoms with Gasteiger partial charge in [-0.3, -0.25) is 15.0 Å². The molecular formula is C24H27F4N5O3. The SMILES string of the molecule is CN1C(=O)C[C@@](C)(c2cccc(Nc3c(N)ccc(F)c3C(F)F)c2F)N=C1NC(=O)OC(C)(C)C. The van der Waals surface area contributed by atoms with E-state index in [9.17, 15) is 22.8 Å². The number of aliphatic imine (C=N–C) groups is 1. The summed E-state index contributed by atoms with van der Waals surface area (Å²) in [6, 6.07) is 5.93. The van der Waals surface area contributed by atoms with Crippen LogP contribution in [0.2, 0.25) is 0 Å². The molecule has 3 rings (SSSR count). The average Bonchev–Trinajstić information content (AvgIpc) is 2.74. The number of alkyl carbamates (subject to hydrolysis) is 1. The Kier molecular flexibility index (Phi) is 7.19. The first kappa shape index (κ1) is 26.8. The lowest BCUT2D eigenvalue weighted by Gasteiger charge is -2.35. The first-order chi connectivity index (χ1) is 16.6. The maximum atomic E-state index is 15.7. The number of guanidine groups is 1. The lowest BCUT2D eigenvalue weighted by atomic mass is 9.86. The van der Waals surface area contributed by atoms with E-state index in [0.717, 1.165) is 17.0 Å². The van der Waals surface area contributed by atoms with E-state index in [0.29, 0.717) is 0 Å². The summed E-state index contributed by atoms with van der Waals surface area (Å²) < 4.78 is 62.0. The number of nitrogen functional groups attached to an aromatic ring is 1. The molecule has 1 aliphatic rings. The highest BCUT2D eigenvalue weighted by Gasteiger charge is 2.40. The number of rotatable bonds is 4. The van der Waals surface area contributed by atoms with E-state index in [1.54, 1.807) is 20.8 Å². The first-order valence-electron chi connectivity index (χ1n) is 10.9. The zero-order chi connectivity index (χ0) is 27.0. The van der Waals surface area contributed by atoms with E-state index >= 15 is 4.39 Å². The third-order valence-corrected chi connectivity index (χ3v) is 5.43. The molecule has 2 aromatic rings. The fraction of sp³-hybridized carbons (Fsp3) is 0.375. The van der Waals surface area contributed by atoms with Gasteiger partial charge >= 0.3 is 6.09 Å². The molecule has 0 saturated carbocycles. The van der Waals surface area contributed by atoms with Crippen LogP contribution in [0.1, 0.15) is 51.7 Å². The third kappa shape index (κ3) is 5.52. The van der Waals surface area contributed by atoms with Crippen LogP contribution in [0.25, 0.3) is 0 Å². The Bertz CT molecular complexity index is 1230. The molecule has 0 radical (unpaired) electrons. The van der Waals surface area contributed by atoms with Crippen molar-refractivity contribution in [2.45, 2.75) is 51.7 Å². The van der Waals surface area contributed by atoms with Crippen LogP contribution in [-0.4, -0.2) is 35.5 Å². The van der Waals surface area contributed by atoms with Crippen molar-refractivity contribution in [2.75, 3.05) is 18.1 Å². The molecule has 0 fully saturated rings. The molecule has 0 unspecified atom stereocenters. The predicted molar refractivity (Wildman–Crippen MR) is 127 cm³/mol. The summed E-state index contributed by atoms with van der Waals surface area (Å²) in [5.74, 6) is -2.74. The van der Waals surface area contributed by atoms with E-state index < -0.39 is 52.5 Å². The van der Waals surface area contributed by atoms with Crippen LogP contribution < -0.4 is 16.4 Å². The van der Waals surface area contributed by atoms with Gasteiger partial charge < -0.3 is 15.8 Å². The number of ether oxygens (including phenoxy) is 1. The Morgan fingerprint density at radius 1 is 1.22 bits per heavy atom. The van der Waals surface area contributed by atoms with Gasteiger partial charge in [-0.1, -0.05) is 12.1 Å². The van der Waals surface area contributed by atoms with Crippen LogP contribution in [0, 0.1) is 11.6 Å². The molecular weight excluding hydrogens is 482 g/mol. The normalized spacial score (nSPS) is 18.2. The summed E-state index contributed by atoms with van der Waals surface area (Å²) >= 11 is 0. The van der Waals surface area contributed by atoms with Gasteiger partial charge in [-0.25, -0.2) is 27.3 Å². The number of halogens is 4. The van der Waals surface area contributed by atoms with Gasteiger partial charge in [0.15, 0.2) is 5.82 Å². The molecule has 0 bridgehead atoms. The smallest absolute Gasteiger partial charge is 0.414 e. The van der Waals surface area contributed by atoms with Crippen molar-refractivity contribution in [1.82, 2.24) is 10.2 Å². The number of hydrogen-bond donors (Lipinski definition) is 3. The Morgan fingerprint density at radius 3 is 2.50 bits per heavy atom. The van der Waals surface area contributed by atoms with Crippen molar-refractivity contribution in [3.05, 3.63) is 53.1 Å². The summed E-state index contributed by atoms with van der Waals surface area (Å²) in [6.07, 6.45) is -4.33. The number of nitrogens with zero attached hydrogens (tertiary/aromatic N) is 2. The quantitative estimate of drug-likeness (QED) is 0.389. The second kappa shape index (κ2) is 9.67. The monoisotopic (exact) mass is 509 g/mol. The van der Waals surface area contributed by atoms with E-state index in [4.69, 9.17) is 10.5 Å². The summed E-state index contributed by atoms with van der Waals surface area (Å²) in [6.45, 7) is 6.46. The summed E-state index contributed by atoms with van der Waals surface area (Å²) in [5.41, 5.74) is 1.45.